The molecule has 0 unspecified atom stereocenters. The van der Waals surface area contributed by atoms with Crippen molar-refractivity contribution in [3.8, 4) is 0 Å². The molecule has 5 heteroatoms. The zero-order chi connectivity index (χ0) is 15.9. The third-order valence-electron chi connectivity index (χ3n) is 4.08. The summed E-state index contributed by atoms with van der Waals surface area (Å²) < 4.78 is 11.4. The molecule has 0 radical (unpaired) electrons. The molecule has 1 aromatic carbocycles. The lowest BCUT2D eigenvalue weighted by Crippen LogP contribution is -2.21. The minimum absolute atomic E-state index is 0.333. The number of rotatable bonds is 4. The first-order valence-electron chi connectivity index (χ1n) is 7.39. The van der Waals surface area contributed by atoms with Crippen molar-refractivity contribution in [1.82, 2.24) is 5.32 Å². The van der Waals surface area contributed by atoms with E-state index in [1.807, 2.05) is 26.8 Å². The van der Waals surface area contributed by atoms with Gasteiger partial charge in [-0.2, -0.15) is 0 Å². The number of nitrogens with one attached hydrogen (secondary N) is 1. The maximum absolute atomic E-state index is 11.6. The summed E-state index contributed by atoms with van der Waals surface area (Å²) in [5.74, 6) is 0.891. The quantitative estimate of drug-likeness (QED) is 0.571. The molecule has 2 aromatic heterocycles. The van der Waals surface area contributed by atoms with Gasteiger partial charge in [0.1, 0.15) is 16.9 Å². The summed E-state index contributed by atoms with van der Waals surface area (Å²) in [4.78, 5) is 11.6. The van der Waals surface area contributed by atoms with E-state index in [0.29, 0.717) is 18.7 Å². The van der Waals surface area contributed by atoms with Crippen molar-refractivity contribution in [2.75, 3.05) is 13.1 Å². The number of furan rings is 1. The average Bonchev–Trinajstić information content (AvgIpc) is 2.78. The van der Waals surface area contributed by atoms with E-state index >= 15 is 0 Å². The van der Waals surface area contributed by atoms with Crippen molar-refractivity contribution in [2.45, 2.75) is 27.3 Å². The Morgan fingerprint density at radius 3 is 2.50 bits per heavy atom. The summed E-state index contributed by atoms with van der Waals surface area (Å²) in [5.41, 5.74) is 9.43. The summed E-state index contributed by atoms with van der Waals surface area (Å²) in [7, 11) is 0. The lowest BCUT2D eigenvalue weighted by Gasteiger charge is -2.04. The van der Waals surface area contributed by atoms with Crippen LogP contribution in [0.25, 0.3) is 21.9 Å². The molecule has 0 aliphatic heterocycles. The molecule has 0 bridgehead atoms. The third kappa shape index (κ3) is 2.32. The largest absolute Gasteiger partial charge is 0.459 e. The van der Waals surface area contributed by atoms with Crippen LogP contribution in [0.4, 0.5) is 0 Å². The van der Waals surface area contributed by atoms with Crippen LogP contribution in [0.2, 0.25) is 0 Å². The second-order valence-electron chi connectivity index (χ2n) is 5.62. The Bertz CT molecular complexity index is 906. The molecule has 116 valence electrons. The highest BCUT2D eigenvalue weighted by atomic mass is 16.4. The Labute approximate surface area is 128 Å². The van der Waals surface area contributed by atoms with Crippen molar-refractivity contribution in [3.05, 3.63) is 45.0 Å². The van der Waals surface area contributed by atoms with E-state index < -0.39 is 0 Å². The van der Waals surface area contributed by atoms with Gasteiger partial charge >= 0.3 is 5.63 Å². The fourth-order valence-corrected chi connectivity index (χ4v) is 2.82. The van der Waals surface area contributed by atoms with Crippen molar-refractivity contribution in [2.24, 2.45) is 5.73 Å². The van der Waals surface area contributed by atoms with Gasteiger partial charge in [-0.25, -0.2) is 4.79 Å². The average molecular weight is 300 g/mol. The highest BCUT2D eigenvalue weighted by Gasteiger charge is 2.17. The topological polar surface area (TPSA) is 81.4 Å². The second-order valence-corrected chi connectivity index (χ2v) is 5.62. The Balaban J connectivity index is 2.24. The van der Waals surface area contributed by atoms with Gasteiger partial charge in [0.05, 0.1) is 6.54 Å². The third-order valence-corrected chi connectivity index (χ3v) is 4.08. The van der Waals surface area contributed by atoms with E-state index in [-0.39, 0.29) is 5.63 Å². The van der Waals surface area contributed by atoms with Crippen LogP contribution in [0.3, 0.4) is 0 Å². The summed E-state index contributed by atoms with van der Waals surface area (Å²) in [6, 6.07) is 3.56. The van der Waals surface area contributed by atoms with Crippen LogP contribution in [0.5, 0.6) is 0 Å². The van der Waals surface area contributed by atoms with Crippen LogP contribution in [-0.2, 0) is 6.54 Å². The number of hydrogen-bond donors (Lipinski definition) is 2. The minimum Gasteiger partial charge on any atom is -0.459 e. The molecule has 3 N–H and O–H groups in total. The molecule has 5 nitrogen and oxygen atoms in total. The van der Waals surface area contributed by atoms with Gasteiger partial charge < -0.3 is 19.9 Å². The summed E-state index contributed by atoms with van der Waals surface area (Å²) in [6.07, 6.45) is 0. The van der Waals surface area contributed by atoms with Gasteiger partial charge in [-0.15, -0.1) is 0 Å². The van der Waals surface area contributed by atoms with Crippen LogP contribution >= 0.6 is 0 Å². The molecule has 0 spiro atoms. The maximum atomic E-state index is 11.6. The zero-order valence-electron chi connectivity index (χ0n) is 13.1. The standard InChI is InChI=1S/C17H20N2O3/c1-9-6-15(20)22-16-11(3)17-13(7-12(9)16)10(2)14(21-17)8-19-5-4-18/h6-7,19H,4-5,8,18H2,1-3H3. The SMILES string of the molecule is Cc1cc(=O)oc2c(C)c3oc(CNCCN)c(C)c3cc12. The van der Waals surface area contributed by atoms with E-state index in [4.69, 9.17) is 14.6 Å². The second kappa shape index (κ2) is 5.59. The van der Waals surface area contributed by atoms with E-state index in [0.717, 1.165) is 45.4 Å². The normalized spacial score (nSPS) is 11.6. The summed E-state index contributed by atoms with van der Waals surface area (Å²) in [5, 5.41) is 5.26. The van der Waals surface area contributed by atoms with Crippen LogP contribution in [0, 0.1) is 20.8 Å². The Kier molecular flexibility index (Phi) is 3.76. The van der Waals surface area contributed by atoms with E-state index in [9.17, 15) is 4.79 Å². The van der Waals surface area contributed by atoms with Crippen molar-refractivity contribution >= 4 is 21.9 Å². The molecular weight excluding hydrogens is 280 g/mol. The van der Waals surface area contributed by atoms with Crippen molar-refractivity contribution in [3.63, 3.8) is 0 Å². The summed E-state index contributed by atoms with van der Waals surface area (Å²) >= 11 is 0. The molecule has 0 saturated heterocycles. The number of benzene rings is 1. The number of hydrogen-bond acceptors (Lipinski definition) is 5. The van der Waals surface area contributed by atoms with Crippen molar-refractivity contribution in [1.29, 1.82) is 0 Å². The molecular formula is C17H20N2O3. The van der Waals surface area contributed by atoms with E-state index in [2.05, 4.69) is 5.32 Å². The summed E-state index contributed by atoms with van der Waals surface area (Å²) in [6.45, 7) is 7.86. The van der Waals surface area contributed by atoms with Gasteiger partial charge in [0.15, 0.2) is 0 Å². The lowest BCUT2D eigenvalue weighted by molar-refractivity contribution is 0.510. The maximum Gasteiger partial charge on any atom is 0.336 e. The number of aryl methyl sites for hydroxylation is 3. The number of nitrogens with two attached hydrogens (primary N) is 1. The van der Waals surface area contributed by atoms with Crippen LogP contribution in [-0.4, -0.2) is 13.1 Å². The van der Waals surface area contributed by atoms with Crippen LogP contribution < -0.4 is 16.7 Å². The molecule has 22 heavy (non-hydrogen) atoms. The van der Waals surface area contributed by atoms with Gasteiger partial charge in [-0.3, -0.25) is 0 Å². The molecule has 0 aliphatic carbocycles. The zero-order valence-corrected chi connectivity index (χ0v) is 13.1. The molecule has 0 aliphatic rings. The first-order chi connectivity index (χ1) is 10.5. The molecule has 0 saturated carbocycles. The van der Waals surface area contributed by atoms with E-state index in [1.165, 1.54) is 6.07 Å². The predicted molar refractivity (Wildman–Crippen MR) is 87.2 cm³/mol. The van der Waals surface area contributed by atoms with Gasteiger partial charge in [0.2, 0.25) is 0 Å². The molecule has 3 rings (SSSR count). The van der Waals surface area contributed by atoms with Crippen molar-refractivity contribution < 1.29 is 8.83 Å². The fraction of sp³-hybridized carbons (Fsp3) is 0.353. The minimum atomic E-state index is -0.333. The smallest absolute Gasteiger partial charge is 0.336 e. The fourth-order valence-electron chi connectivity index (χ4n) is 2.82. The van der Waals surface area contributed by atoms with Crippen LogP contribution in [0.1, 0.15) is 22.5 Å². The van der Waals surface area contributed by atoms with Gasteiger partial charge in [0, 0.05) is 35.5 Å². The first-order valence-corrected chi connectivity index (χ1v) is 7.39. The molecule has 0 atom stereocenters. The molecule has 3 aromatic rings. The number of fused-ring (bicyclic) bond motifs is 2. The first kappa shape index (κ1) is 14.8. The Hall–Kier alpha value is -2.11. The Morgan fingerprint density at radius 2 is 1.77 bits per heavy atom. The van der Waals surface area contributed by atoms with E-state index in [1.54, 1.807) is 0 Å². The van der Waals surface area contributed by atoms with Gasteiger partial charge in [0.25, 0.3) is 0 Å². The highest BCUT2D eigenvalue weighted by molar-refractivity contribution is 5.99. The van der Waals surface area contributed by atoms with Gasteiger partial charge in [-0.1, -0.05) is 0 Å². The van der Waals surface area contributed by atoms with Gasteiger partial charge in [-0.05, 0) is 38.0 Å². The highest BCUT2D eigenvalue weighted by Crippen LogP contribution is 2.33. The monoisotopic (exact) mass is 300 g/mol. The lowest BCUT2D eigenvalue weighted by atomic mass is 10.0. The van der Waals surface area contributed by atoms with Crippen LogP contribution in [0.15, 0.2) is 25.8 Å². The Morgan fingerprint density at radius 1 is 1.05 bits per heavy atom. The molecule has 0 fully saturated rings. The molecule has 2 heterocycles. The predicted octanol–water partition coefficient (Wildman–Crippen LogP) is 2.51. The molecule has 0 amide bonds.